The molecule has 0 heterocycles. The average Bonchev–Trinajstić information content (AvgIpc) is 0.716. The van der Waals surface area contributed by atoms with Crippen molar-refractivity contribution in [2.75, 3.05) is 216 Å². The summed E-state index contributed by atoms with van der Waals surface area (Å²) in [6.45, 7) is 40.7. The maximum atomic E-state index is 12.1. The lowest BCUT2D eigenvalue weighted by atomic mass is 10.0. The predicted molar refractivity (Wildman–Crippen MR) is 558 cm³/mol. The SMILES string of the molecule is CC(=O)NS(C)(=O)=O.CC(=O)NS(C)(=O)=O.CC([NH3+])COCCOCC(C)OCC(C)[NH3+].CC([NH3+])COCCOCC(C)OCC(C)[NH3+].CC([NH3+])COCCOCC(C)OCC(C)[NH3+].CCCCCCCCCCCCCCCCCC[N+](C)(CCO)CCO.CCCCCCCCCCCC[N+](C)(CCO)CCO.CS(=O)(=O)NS(C)(=O)=O.CS(=O)(=O)NS(C)(=O)=O.O=S(=O)(C(S(=O)(=O)C(F)(F)F)S(=O)(=O)C(F)(F)F)C(F)(F)F. The predicted octanol–water partition coefficient (Wildman–Crippen LogP) is 1.30. The number of sulfonamides is 6. The van der Waals surface area contributed by atoms with E-state index >= 15 is 0 Å². The van der Waals surface area contributed by atoms with Gasteiger partial charge in [0.15, 0.2) is 0 Å². The molecule has 2 amide bonds. The van der Waals surface area contributed by atoms with Gasteiger partial charge < -0.3 is 106 Å². The summed E-state index contributed by atoms with van der Waals surface area (Å²) in [7, 11) is -40.6. The van der Waals surface area contributed by atoms with Gasteiger partial charge in [-0.2, -0.15) is 39.5 Å². The van der Waals surface area contributed by atoms with Crippen LogP contribution in [0.1, 0.15) is 257 Å². The number of hydrogen-bond donors (Lipinski definition) is 14. The monoisotopic (exact) mass is 2400 g/mol. The highest BCUT2D eigenvalue weighted by molar-refractivity contribution is 8.25. The first-order chi connectivity index (χ1) is 68.3. The lowest BCUT2D eigenvalue weighted by molar-refractivity contribution is -0.910. The summed E-state index contributed by atoms with van der Waals surface area (Å²) in [6.07, 6.45) is 41.2. The molecule has 0 spiro atoms. The number of alkyl halides is 9. The van der Waals surface area contributed by atoms with Crippen LogP contribution in [0.15, 0.2) is 0 Å². The van der Waals surface area contributed by atoms with Gasteiger partial charge in [0.05, 0.1) is 209 Å². The van der Waals surface area contributed by atoms with Gasteiger partial charge in [0.1, 0.15) is 62.4 Å². The molecular weight excluding hydrogens is 2200 g/mol. The Morgan fingerprint density at radius 2 is 0.433 bits per heavy atom. The van der Waals surface area contributed by atoms with E-state index in [-0.39, 0.29) is 44.7 Å². The average molecular weight is 2400 g/mol. The lowest BCUT2D eigenvalue weighted by Gasteiger charge is -2.33. The highest BCUT2D eigenvalue weighted by atomic mass is 32.3. The first kappa shape index (κ1) is 167. The molecule has 0 saturated carbocycles. The molecule has 0 aromatic carbocycles. The fraction of sp³-hybridized carbons (Fsp3) is 0.977. The summed E-state index contributed by atoms with van der Waals surface area (Å²) in [5.41, 5.74) is 2.01. The number of aliphatic hydroxyl groups excluding tert-OH is 4. The summed E-state index contributed by atoms with van der Waals surface area (Å²) >= 11 is 0. The number of ether oxygens (including phenoxy) is 9. The lowest BCUT2D eigenvalue weighted by Crippen LogP contribution is -2.61. The molecule has 63 heteroatoms. The highest BCUT2D eigenvalue weighted by Crippen LogP contribution is 2.43. The number of rotatable bonds is 75. The van der Waals surface area contributed by atoms with E-state index in [4.69, 9.17) is 63.1 Å². The number of carbonyl (C=O) groups is 2. The number of sulfone groups is 3. The Hall–Kier alpha value is -3.06. The van der Waals surface area contributed by atoms with Crippen molar-refractivity contribution in [3.8, 4) is 0 Å². The van der Waals surface area contributed by atoms with Crippen molar-refractivity contribution in [1.82, 2.24) is 17.7 Å². The Bertz CT molecular complexity index is 3990. The third-order valence-corrected chi connectivity index (χ3v) is 32.7. The van der Waals surface area contributed by atoms with E-state index in [9.17, 15) is 125 Å². The first-order valence-corrected chi connectivity index (χ1v) is 65.9. The normalized spacial score (nSPS) is 14.3. The number of carbonyl (C=O) groups excluding carboxylic acids is 2. The topological polar surface area (TPSA) is 719 Å². The van der Waals surface area contributed by atoms with E-state index in [1.807, 2.05) is 62.3 Å². The van der Waals surface area contributed by atoms with Crippen molar-refractivity contribution in [2.45, 2.75) is 332 Å². The van der Waals surface area contributed by atoms with Crippen LogP contribution < -0.4 is 52.1 Å². The van der Waals surface area contributed by atoms with Gasteiger partial charge in [-0.3, -0.25) is 19.0 Å². The summed E-state index contributed by atoms with van der Waals surface area (Å²) in [6, 6.07) is 1.97. The van der Waals surface area contributed by atoms with Crippen LogP contribution in [0, 0.1) is 0 Å². The number of nitrogens with zero attached hydrogens (tertiary/aromatic N) is 2. The van der Waals surface area contributed by atoms with Crippen LogP contribution in [0.5, 0.6) is 0 Å². The summed E-state index contributed by atoms with van der Waals surface area (Å²) < 4.78 is 345. The molecule has 0 aromatic heterocycles. The standard InChI is InChI=1S/C23H50NO2.C17H38NO2.3C11H26N2O3.C4HF9O6S3.2C3H7NO3S.2C2H7NO4S2/c1-3-4-5-6-7-8-9-10-11-12-13-14-15-16-17-18-19-24(2,20-22-25)21-23-26;1-3-4-5-6-7-8-9-10-11-12-13-18(2,14-16-19)15-17-20;3*1-9(12)6-14-4-5-15-8-11(3)16-7-10(2)13;5-2(6,7)20(14,15)1(21(16,17)3(8,9)10)22(18,19)4(11,12)13;2*1-3(5)4-8(2,6)7;2*1-8(4,5)3-9(2,6)7/h25-26H,3-23H2,1-2H3;19-20H,3-17H2,1-2H3;3*9-11H,4-8,12-13H2,1-3H3;1H;2*1-2H3,(H,4,5);2*3H,1-2H3/q2*+1;;;;;;;;/p+6. The number of unbranched alkanes of at least 4 members (excludes halogenated alkanes) is 24. The summed E-state index contributed by atoms with van der Waals surface area (Å²) in [5, 5.41) is 36.5. The van der Waals surface area contributed by atoms with Crippen LogP contribution in [0.25, 0.3) is 0 Å². The summed E-state index contributed by atoms with van der Waals surface area (Å²) in [4.78, 5) is 19.9. The minimum atomic E-state index is -7.94. The van der Waals surface area contributed by atoms with Crippen molar-refractivity contribution >= 4 is 101 Å². The molecule has 0 aliphatic heterocycles. The van der Waals surface area contributed by atoms with Crippen LogP contribution in [0.4, 0.5) is 39.5 Å². The Morgan fingerprint density at radius 3 is 0.553 bits per heavy atom. The maximum Gasteiger partial charge on any atom is 0.499 e. The van der Waals surface area contributed by atoms with Crippen molar-refractivity contribution in [1.29, 1.82) is 0 Å². The van der Waals surface area contributed by atoms with Gasteiger partial charge in [0.2, 0.25) is 72.0 Å². The number of nitrogens with one attached hydrogen (secondary N) is 4. The van der Waals surface area contributed by atoms with Gasteiger partial charge in [-0.05, 0) is 88.0 Å². The highest BCUT2D eigenvalue weighted by Gasteiger charge is 2.73. The molecule has 916 valence electrons. The Labute approximate surface area is 893 Å². The molecule has 150 heavy (non-hydrogen) atoms. The number of aliphatic hydroxyl groups is 4. The van der Waals surface area contributed by atoms with E-state index in [1.165, 1.54) is 175 Å². The van der Waals surface area contributed by atoms with Crippen LogP contribution in [-0.2, 0) is 142 Å². The van der Waals surface area contributed by atoms with Crippen molar-refractivity contribution < 1.29 is 231 Å². The minimum Gasteiger partial charge on any atom is -0.391 e. The van der Waals surface area contributed by atoms with Gasteiger partial charge in [0.25, 0.3) is 33.4 Å². The molecule has 9 unspecified atom stereocenters. The van der Waals surface area contributed by atoms with Crippen LogP contribution >= 0.6 is 0 Å². The molecule has 26 N–H and O–H groups in total. The zero-order valence-electron chi connectivity index (χ0n) is 93.2. The number of amides is 2. The Kier molecular flexibility index (Phi) is 104. The Balaban J connectivity index is -0.000000185. The van der Waals surface area contributed by atoms with Crippen LogP contribution in [-0.4, -0.2) is 408 Å². The van der Waals surface area contributed by atoms with E-state index in [0.29, 0.717) is 135 Å². The van der Waals surface area contributed by atoms with Gasteiger partial charge in [-0.1, -0.05) is 155 Å². The first-order valence-electron chi connectivity index (χ1n) is 49.9. The third kappa shape index (κ3) is 127. The second-order valence-electron chi connectivity index (χ2n) is 37.8. The molecule has 0 bridgehead atoms. The van der Waals surface area contributed by atoms with E-state index in [2.05, 4.69) is 62.3 Å². The Morgan fingerprint density at radius 1 is 0.273 bits per heavy atom. The maximum absolute atomic E-state index is 12.1. The van der Waals surface area contributed by atoms with Crippen molar-refractivity contribution in [3.05, 3.63) is 0 Å². The minimum absolute atomic E-state index is 0.121. The van der Waals surface area contributed by atoms with Crippen molar-refractivity contribution in [3.63, 3.8) is 0 Å². The van der Waals surface area contributed by atoms with Crippen LogP contribution in [0.2, 0.25) is 0 Å². The van der Waals surface area contributed by atoms with Gasteiger partial charge >= 0.3 is 16.5 Å². The number of likely N-dealkylation sites (N-methyl/N-ethyl adjacent to an activating group) is 2. The van der Waals surface area contributed by atoms with Crippen molar-refractivity contribution in [2.24, 2.45) is 0 Å². The molecule has 0 radical (unpaired) electrons. The number of quaternary nitrogens is 8. The number of hydrogen-bond acceptors (Lipinski definition) is 33. The zero-order chi connectivity index (χ0) is 119. The molecule has 45 nitrogen and oxygen atoms in total. The summed E-state index contributed by atoms with van der Waals surface area (Å²) in [5.74, 6) is -1.12. The molecule has 0 aromatic rings. The molecule has 0 saturated heterocycles. The molecule has 0 rings (SSSR count). The van der Waals surface area contributed by atoms with E-state index in [1.54, 1.807) is 9.44 Å². The zero-order valence-corrected chi connectivity index (χ0v) is 101. The van der Waals surface area contributed by atoms with Gasteiger partial charge in [0, 0.05) is 13.8 Å². The largest absolute Gasteiger partial charge is 0.499 e. The second kappa shape index (κ2) is 93.6. The molecular formula is C87H201F9N12O33S9+8. The molecule has 0 aliphatic rings. The fourth-order valence-electron chi connectivity index (χ4n) is 11.6. The smallest absolute Gasteiger partial charge is 0.391 e. The number of halogens is 9. The molecule has 9 atom stereocenters. The fourth-order valence-corrected chi connectivity index (χ4v) is 23.7. The van der Waals surface area contributed by atoms with Crippen LogP contribution in [0.3, 0.4) is 0 Å². The molecule has 0 aliphatic carbocycles. The quantitative estimate of drug-likeness (QED) is 0.0232. The molecule has 0 fully saturated rings. The van der Waals surface area contributed by atoms with Gasteiger partial charge in [-0.25, -0.2) is 75.8 Å². The van der Waals surface area contributed by atoms with E-state index in [0.717, 1.165) is 99.6 Å². The van der Waals surface area contributed by atoms with Gasteiger partial charge in [-0.15, -0.1) is 8.25 Å². The second-order valence-corrected chi connectivity index (χ2v) is 55.8. The van der Waals surface area contributed by atoms with E-state index < -0.39 is 122 Å². The third-order valence-electron chi connectivity index (χ3n) is 18.5.